The Labute approximate surface area is 92.4 Å². The first-order valence-electron chi connectivity index (χ1n) is 5.08. The summed E-state index contributed by atoms with van der Waals surface area (Å²) in [5.41, 5.74) is 2.28. The average molecular weight is 210 g/mol. The standard InChI is InChI=1S/C13H10N2O/c1-2-4-13-12(3-1)10(9-14-13)5-6-11-7-8-15-16-11/h1-9,14H. The third kappa shape index (κ3) is 1.52. The molecule has 0 unspecified atom stereocenters. The van der Waals surface area contributed by atoms with Crippen LogP contribution in [0.4, 0.5) is 0 Å². The highest BCUT2D eigenvalue weighted by Crippen LogP contribution is 2.19. The number of nitrogens with one attached hydrogen (secondary N) is 1. The Morgan fingerprint density at radius 1 is 1.12 bits per heavy atom. The second-order valence-electron chi connectivity index (χ2n) is 3.54. The lowest BCUT2D eigenvalue weighted by Crippen LogP contribution is -1.67. The van der Waals surface area contributed by atoms with Crippen molar-refractivity contribution in [2.45, 2.75) is 0 Å². The Morgan fingerprint density at radius 3 is 2.94 bits per heavy atom. The van der Waals surface area contributed by atoms with Gasteiger partial charge in [0.05, 0.1) is 6.20 Å². The predicted molar refractivity (Wildman–Crippen MR) is 63.7 cm³/mol. The molecule has 0 radical (unpaired) electrons. The molecule has 0 spiro atoms. The molecule has 2 aromatic heterocycles. The number of hydrogen-bond acceptors (Lipinski definition) is 2. The summed E-state index contributed by atoms with van der Waals surface area (Å²) in [6, 6.07) is 10.0. The Morgan fingerprint density at radius 2 is 2.06 bits per heavy atom. The lowest BCUT2D eigenvalue weighted by molar-refractivity contribution is 0.413. The van der Waals surface area contributed by atoms with Crippen molar-refractivity contribution in [3.05, 3.63) is 54.0 Å². The van der Waals surface area contributed by atoms with Gasteiger partial charge in [-0.1, -0.05) is 23.4 Å². The molecule has 1 N–H and O–H groups in total. The van der Waals surface area contributed by atoms with Crippen LogP contribution in [-0.4, -0.2) is 10.1 Å². The van der Waals surface area contributed by atoms with E-state index in [1.165, 1.54) is 5.39 Å². The Bertz CT molecular complexity index is 620. The topological polar surface area (TPSA) is 41.8 Å². The third-order valence-corrected chi connectivity index (χ3v) is 2.51. The molecule has 78 valence electrons. The molecule has 0 amide bonds. The van der Waals surface area contributed by atoms with Gasteiger partial charge in [-0.25, -0.2) is 0 Å². The van der Waals surface area contributed by atoms with Gasteiger partial charge in [-0.05, 0) is 23.8 Å². The van der Waals surface area contributed by atoms with Crippen LogP contribution in [0.15, 0.2) is 47.2 Å². The van der Waals surface area contributed by atoms with E-state index < -0.39 is 0 Å². The second-order valence-corrected chi connectivity index (χ2v) is 3.54. The van der Waals surface area contributed by atoms with E-state index in [-0.39, 0.29) is 0 Å². The molecule has 3 nitrogen and oxygen atoms in total. The molecular weight excluding hydrogens is 200 g/mol. The largest absolute Gasteiger partial charge is 0.361 e. The maximum Gasteiger partial charge on any atom is 0.159 e. The normalized spacial score (nSPS) is 11.5. The van der Waals surface area contributed by atoms with Gasteiger partial charge in [-0.3, -0.25) is 0 Å². The summed E-state index contributed by atoms with van der Waals surface area (Å²) < 4.78 is 5.00. The summed E-state index contributed by atoms with van der Waals surface area (Å²) in [5, 5.41) is 4.86. The first-order valence-corrected chi connectivity index (χ1v) is 5.08. The fraction of sp³-hybridized carbons (Fsp3) is 0. The van der Waals surface area contributed by atoms with Crippen molar-refractivity contribution in [2.24, 2.45) is 0 Å². The summed E-state index contributed by atoms with van der Waals surface area (Å²) in [4.78, 5) is 3.22. The van der Waals surface area contributed by atoms with E-state index in [1.54, 1.807) is 6.20 Å². The van der Waals surface area contributed by atoms with Crippen molar-refractivity contribution in [3.63, 3.8) is 0 Å². The van der Waals surface area contributed by atoms with Crippen LogP contribution in [0, 0.1) is 0 Å². The minimum Gasteiger partial charge on any atom is -0.361 e. The first kappa shape index (κ1) is 8.97. The molecule has 1 aromatic carbocycles. The maximum absolute atomic E-state index is 5.00. The molecule has 3 rings (SSSR count). The molecule has 0 saturated heterocycles. The summed E-state index contributed by atoms with van der Waals surface area (Å²) in [6.45, 7) is 0. The quantitative estimate of drug-likeness (QED) is 0.704. The van der Waals surface area contributed by atoms with Gasteiger partial charge in [0.15, 0.2) is 5.76 Å². The summed E-state index contributed by atoms with van der Waals surface area (Å²) in [5.74, 6) is 0.755. The average Bonchev–Trinajstić information content (AvgIpc) is 2.96. The van der Waals surface area contributed by atoms with E-state index in [0.717, 1.165) is 16.8 Å². The van der Waals surface area contributed by atoms with Crippen LogP contribution < -0.4 is 0 Å². The highest BCUT2D eigenvalue weighted by molar-refractivity contribution is 5.91. The van der Waals surface area contributed by atoms with Gasteiger partial charge in [0.1, 0.15) is 0 Å². The van der Waals surface area contributed by atoms with Crippen molar-refractivity contribution < 1.29 is 4.52 Å². The second kappa shape index (κ2) is 3.70. The fourth-order valence-electron chi connectivity index (χ4n) is 1.72. The maximum atomic E-state index is 5.00. The van der Waals surface area contributed by atoms with E-state index in [4.69, 9.17) is 4.52 Å². The molecule has 3 aromatic rings. The zero-order valence-electron chi connectivity index (χ0n) is 8.55. The van der Waals surface area contributed by atoms with E-state index in [0.29, 0.717) is 0 Å². The van der Waals surface area contributed by atoms with Crippen LogP contribution in [0.1, 0.15) is 11.3 Å². The van der Waals surface area contributed by atoms with Crippen LogP contribution in [-0.2, 0) is 0 Å². The van der Waals surface area contributed by atoms with Gasteiger partial charge < -0.3 is 9.51 Å². The molecule has 0 bridgehead atoms. The number of benzene rings is 1. The Balaban J connectivity index is 2.01. The van der Waals surface area contributed by atoms with Crippen LogP contribution >= 0.6 is 0 Å². The van der Waals surface area contributed by atoms with Gasteiger partial charge in [0, 0.05) is 23.2 Å². The monoisotopic (exact) mass is 210 g/mol. The SMILES string of the molecule is C(=Cc1c[nH]c2ccccc12)c1ccno1. The van der Waals surface area contributed by atoms with Crippen molar-refractivity contribution in [2.75, 3.05) is 0 Å². The zero-order valence-corrected chi connectivity index (χ0v) is 8.55. The molecule has 0 saturated carbocycles. The molecule has 0 fully saturated rings. The predicted octanol–water partition coefficient (Wildman–Crippen LogP) is 3.33. The van der Waals surface area contributed by atoms with E-state index in [1.807, 2.05) is 36.5 Å². The molecule has 0 atom stereocenters. The van der Waals surface area contributed by atoms with Crippen LogP contribution in [0.3, 0.4) is 0 Å². The minimum atomic E-state index is 0.755. The number of H-pyrrole nitrogens is 1. The molecule has 0 aliphatic carbocycles. The van der Waals surface area contributed by atoms with Crippen LogP contribution in [0.25, 0.3) is 23.1 Å². The molecule has 3 heteroatoms. The molecule has 16 heavy (non-hydrogen) atoms. The number of aromatic nitrogens is 2. The van der Waals surface area contributed by atoms with Crippen molar-refractivity contribution in [1.82, 2.24) is 10.1 Å². The number of fused-ring (bicyclic) bond motifs is 1. The summed E-state index contributed by atoms with van der Waals surface area (Å²) in [7, 11) is 0. The zero-order chi connectivity index (χ0) is 10.8. The number of rotatable bonds is 2. The smallest absolute Gasteiger partial charge is 0.159 e. The van der Waals surface area contributed by atoms with Crippen molar-refractivity contribution >= 4 is 23.1 Å². The molecular formula is C13H10N2O. The highest BCUT2D eigenvalue weighted by atomic mass is 16.5. The molecule has 0 aliphatic heterocycles. The Kier molecular flexibility index (Phi) is 2.07. The third-order valence-electron chi connectivity index (χ3n) is 2.51. The highest BCUT2D eigenvalue weighted by Gasteiger charge is 1.99. The molecule has 2 heterocycles. The van der Waals surface area contributed by atoms with Gasteiger partial charge in [0.2, 0.25) is 0 Å². The van der Waals surface area contributed by atoms with Crippen LogP contribution in [0.2, 0.25) is 0 Å². The Hall–Kier alpha value is -2.29. The number of hydrogen-bond donors (Lipinski definition) is 1. The van der Waals surface area contributed by atoms with Gasteiger partial charge >= 0.3 is 0 Å². The van der Waals surface area contributed by atoms with E-state index in [2.05, 4.69) is 22.3 Å². The molecule has 0 aliphatic rings. The van der Waals surface area contributed by atoms with Crippen molar-refractivity contribution in [1.29, 1.82) is 0 Å². The van der Waals surface area contributed by atoms with Gasteiger partial charge in [0.25, 0.3) is 0 Å². The van der Waals surface area contributed by atoms with Gasteiger partial charge in [-0.15, -0.1) is 0 Å². The summed E-state index contributed by atoms with van der Waals surface area (Å²) in [6.07, 6.45) is 7.54. The van der Waals surface area contributed by atoms with Crippen LogP contribution in [0.5, 0.6) is 0 Å². The number of nitrogens with zero attached hydrogens (tertiary/aromatic N) is 1. The number of aromatic amines is 1. The van der Waals surface area contributed by atoms with Gasteiger partial charge in [-0.2, -0.15) is 0 Å². The lowest BCUT2D eigenvalue weighted by Gasteiger charge is -1.89. The van der Waals surface area contributed by atoms with E-state index in [9.17, 15) is 0 Å². The van der Waals surface area contributed by atoms with Crippen molar-refractivity contribution in [3.8, 4) is 0 Å². The minimum absolute atomic E-state index is 0.755. The number of para-hydroxylation sites is 1. The summed E-state index contributed by atoms with van der Waals surface area (Å²) >= 11 is 0. The lowest BCUT2D eigenvalue weighted by atomic mass is 10.1. The first-order chi connectivity index (χ1) is 7.93. The fourth-order valence-corrected chi connectivity index (χ4v) is 1.72. The van der Waals surface area contributed by atoms with E-state index >= 15 is 0 Å².